The normalized spacial score (nSPS) is 15.8. The highest BCUT2D eigenvalue weighted by atomic mass is 35.5. The Kier molecular flexibility index (Phi) is 3.03. The molecule has 1 aromatic carbocycles. The van der Waals surface area contributed by atoms with Crippen LogP contribution in [0.15, 0.2) is 18.2 Å². The lowest BCUT2D eigenvalue weighted by atomic mass is 10.2. The number of alkyl halides is 3. The van der Waals surface area contributed by atoms with Crippen molar-refractivity contribution < 1.29 is 22.7 Å². The number of carbonyl (C=O) groups excluding carboxylic acids is 1. The Labute approximate surface area is 100 Å². The zero-order valence-electron chi connectivity index (χ0n) is 8.55. The Hall–Kier alpha value is -1.23. The number of halogens is 4. The van der Waals surface area contributed by atoms with Crippen LogP contribution in [-0.4, -0.2) is 5.97 Å². The van der Waals surface area contributed by atoms with Gasteiger partial charge in [0.05, 0.1) is 16.5 Å². The topological polar surface area (TPSA) is 26.3 Å². The first-order valence-electron chi connectivity index (χ1n) is 4.96. The van der Waals surface area contributed by atoms with Crippen LogP contribution in [-0.2, 0) is 11.0 Å². The van der Waals surface area contributed by atoms with E-state index in [0.29, 0.717) is 0 Å². The van der Waals surface area contributed by atoms with Crippen molar-refractivity contribution in [3.63, 3.8) is 0 Å². The maximum Gasteiger partial charge on any atom is 0.417 e. The van der Waals surface area contributed by atoms with E-state index in [-0.39, 0.29) is 11.7 Å². The average molecular weight is 265 g/mol. The van der Waals surface area contributed by atoms with Crippen molar-refractivity contribution in [3.05, 3.63) is 28.8 Å². The number of hydrogen-bond donors (Lipinski definition) is 0. The minimum absolute atomic E-state index is 0.126. The van der Waals surface area contributed by atoms with Crippen molar-refractivity contribution in [1.29, 1.82) is 0 Å². The van der Waals surface area contributed by atoms with Gasteiger partial charge in [0, 0.05) is 0 Å². The molecule has 0 spiro atoms. The van der Waals surface area contributed by atoms with E-state index >= 15 is 0 Å². The third kappa shape index (κ3) is 2.91. The molecule has 2 rings (SSSR count). The number of esters is 1. The van der Waals surface area contributed by atoms with Gasteiger partial charge in [-0.1, -0.05) is 11.6 Å². The number of carbonyl (C=O) groups is 1. The number of ether oxygens (including phenoxy) is 1. The van der Waals surface area contributed by atoms with Crippen LogP contribution in [0.2, 0.25) is 5.02 Å². The van der Waals surface area contributed by atoms with Crippen LogP contribution < -0.4 is 4.74 Å². The van der Waals surface area contributed by atoms with Gasteiger partial charge in [-0.2, -0.15) is 13.2 Å². The maximum atomic E-state index is 12.5. The van der Waals surface area contributed by atoms with Gasteiger partial charge in [0.1, 0.15) is 5.75 Å². The molecule has 0 radical (unpaired) electrons. The van der Waals surface area contributed by atoms with E-state index in [4.69, 9.17) is 16.3 Å². The molecule has 1 saturated carbocycles. The Morgan fingerprint density at radius 3 is 2.53 bits per heavy atom. The summed E-state index contributed by atoms with van der Waals surface area (Å²) in [7, 11) is 0. The lowest BCUT2D eigenvalue weighted by molar-refractivity contribution is -0.139. The molecule has 1 aliphatic carbocycles. The largest absolute Gasteiger partial charge is 0.426 e. The number of hydrogen-bond acceptors (Lipinski definition) is 2. The molecule has 17 heavy (non-hydrogen) atoms. The molecule has 1 fully saturated rings. The fraction of sp³-hybridized carbons (Fsp3) is 0.364. The van der Waals surface area contributed by atoms with Crippen LogP contribution in [0.25, 0.3) is 0 Å². The van der Waals surface area contributed by atoms with Crippen LogP contribution in [0.1, 0.15) is 18.4 Å². The first-order valence-corrected chi connectivity index (χ1v) is 5.34. The van der Waals surface area contributed by atoms with Gasteiger partial charge >= 0.3 is 12.1 Å². The van der Waals surface area contributed by atoms with Gasteiger partial charge in [-0.05, 0) is 31.0 Å². The van der Waals surface area contributed by atoms with Crippen molar-refractivity contribution in [3.8, 4) is 5.75 Å². The van der Waals surface area contributed by atoms with Gasteiger partial charge in [-0.25, -0.2) is 0 Å². The smallest absolute Gasteiger partial charge is 0.417 e. The van der Waals surface area contributed by atoms with Crippen LogP contribution in [0.4, 0.5) is 13.2 Å². The molecule has 0 unspecified atom stereocenters. The van der Waals surface area contributed by atoms with Crippen LogP contribution >= 0.6 is 11.6 Å². The van der Waals surface area contributed by atoms with Crippen molar-refractivity contribution in [2.75, 3.05) is 0 Å². The van der Waals surface area contributed by atoms with Gasteiger partial charge < -0.3 is 4.74 Å². The molecule has 0 amide bonds. The number of rotatable bonds is 2. The van der Waals surface area contributed by atoms with Crippen molar-refractivity contribution in [2.24, 2.45) is 5.92 Å². The lowest BCUT2D eigenvalue weighted by Crippen LogP contribution is -2.11. The quantitative estimate of drug-likeness (QED) is 0.602. The second-order valence-corrected chi connectivity index (χ2v) is 4.24. The second kappa shape index (κ2) is 4.22. The Bertz CT molecular complexity index is 453. The van der Waals surface area contributed by atoms with E-state index in [1.54, 1.807) is 0 Å². The Balaban J connectivity index is 2.21. The molecule has 0 aromatic heterocycles. The maximum absolute atomic E-state index is 12.5. The first-order chi connectivity index (χ1) is 7.88. The van der Waals surface area contributed by atoms with Crippen LogP contribution in [0.5, 0.6) is 5.75 Å². The van der Waals surface area contributed by atoms with Crippen LogP contribution in [0.3, 0.4) is 0 Å². The van der Waals surface area contributed by atoms with Gasteiger partial charge in [-0.3, -0.25) is 4.79 Å². The van der Waals surface area contributed by atoms with Gasteiger partial charge in [0.15, 0.2) is 0 Å². The molecule has 6 heteroatoms. The molecule has 1 aromatic rings. The number of benzene rings is 1. The van der Waals surface area contributed by atoms with Crippen molar-refractivity contribution >= 4 is 17.6 Å². The van der Waals surface area contributed by atoms with E-state index < -0.39 is 22.7 Å². The zero-order chi connectivity index (χ0) is 12.6. The van der Waals surface area contributed by atoms with Crippen molar-refractivity contribution in [2.45, 2.75) is 19.0 Å². The summed E-state index contributed by atoms with van der Waals surface area (Å²) >= 11 is 5.43. The molecule has 0 aliphatic heterocycles. The van der Waals surface area contributed by atoms with Gasteiger partial charge in [-0.15, -0.1) is 0 Å². The minimum atomic E-state index is -4.56. The summed E-state index contributed by atoms with van der Waals surface area (Å²) in [5.41, 5.74) is -1.000. The summed E-state index contributed by atoms with van der Waals surface area (Å²) in [4.78, 5) is 11.3. The molecular weight excluding hydrogens is 257 g/mol. The molecule has 92 valence electrons. The van der Waals surface area contributed by atoms with E-state index in [2.05, 4.69) is 0 Å². The Morgan fingerprint density at radius 1 is 1.35 bits per heavy atom. The second-order valence-electron chi connectivity index (χ2n) is 3.83. The fourth-order valence-corrected chi connectivity index (χ4v) is 1.53. The minimum Gasteiger partial charge on any atom is -0.426 e. The summed E-state index contributed by atoms with van der Waals surface area (Å²) in [6.07, 6.45) is -3.09. The van der Waals surface area contributed by atoms with E-state index in [1.807, 2.05) is 0 Å². The summed E-state index contributed by atoms with van der Waals surface area (Å²) in [5, 5.41) is -0.413. The molecule has 0 heterocycles. The third-order valence-corrected chi connectivity index (χ3v) is 2.70. The molecule has 0 saturated heterocycles. The molecule has 0 atom stereocenters. The molecule has 1 aliphatic rings. The molecule has 0 bridgehead atoms. The van der Waals surface area contributed by atoms with E-state index in [0.717, 1.165) is 25.0 Å². The van der Waals surface area contributed by atoms with E-state index in [1.165, 1.54) is 6.07 Å². The fourth-order valence-electron chi connectivity index (χ4n) is 1.30. The first kappa shape index (κ1) is 12.2. The summed E-state index contributed by atoms with van der Waals surface area (Å²) in [6.45, 7) is 0. The average Bonchev–Trinajstić information content (AvgIpc) is 3.02. The molecule has 0 N–H and O–H groups in total. The van der Waals surface area contributed by atoms with Gasteiger partial charge in [0.25, 0.3) is 0 Å². The highest BCUT2D eigenvalue weighted by Crippen LogP contribution is 2.37. The predicted octanol–water partition coefficient (Wildman–Crippen LogP) is 3.67. The predicted molar refractivity (Wildman–Crippen MR) is 54.8 cm³/mol. The summed E-state index contributed by atoms with van der Waals surface area (Å²) in [5.74, 6) is -0.779. The SMILES string of the molecule is O=C(Oc1ccc(Cl)c(C(F)(F)F)c1)C1CC1. The van der Waals surface area contributed by atoms with Crippen molar-refractivity contribution in [1.82, 2.24) is 0 Å². The highest BCUT2D eigenvalue weighted by Gasteiger charge is 2.35. The van der Waals surface area contributed by atoms with Gasteiger partial charge in [0.2, 0.25) is 0 Å². The molecular formula is C11H8ClF3O2. The highest BCUT2D eigenvalue weighted by molar-refractivity contribution is 6.31. The van der Waals surface area contributed by atoms with E-state index in [9.17, 15) is 18.0 Å². The standard InChI is InChI=1S/C11H8ClF3O2/c12-9-4-3-7(5-8(9)11(13,14)15)17-10(16)6-1-2-6/h3-6H,1-2H2. The lowest BCUT2D eigenvalue weighted by Gasteiger charge is -2.10. The monoisotopic (exact) mass is 264 g/mol. The third-order valence-electron chi connectivity index (χ3n) is 2.37. The van der Waals surface area contributed by atoms with Crippen LogP contribution in [0, 0.1) is 5.92 Å². The summed E-state index contributed by atoms with van der Waals surface area (Å²) < 4.78 is 42.4. The molecule has 2 nitrogen and oxygen atoms in total. The summed E-state index contributed by atoms with van der Waals surface area (Å²) in [6, 6.07) is 3.06. The zero-order valence-corrected chi connectivity index (χ0v) is 9.31. The Morgan fingerprint density at radius 2 is 2.00 bits per heavy atom.